The van der Waals surface area contributed by atoms with E-state index in [2.05, 4.69) is 6.92 Å². The topological polar surface area (TPSA) is 61.1 Å². The van der Waals surface area contributed by atoms with Gasteiger partial charge in [-0.1, -0.05) is 32.6 Å². The molecule has 4 nitrogen and oxygen atoms in total. The van der Waals surface area contributed by atoms with Crippen LogP contribution in [0.2, 0.25) is 0 Å². The zero-order valence-electron chi connectivity index (χ0n) is 11.2. The first-order chi connectivity index (χ1) is 9.19. The molecule has 19 heavy (non-hydrogen) atoms. The van der Waals surface area contributed by atoms with E-state index < -0.39 is 27.2 Å². The van der Waals surface area contributed by atoms with E-state index in [1.54, 1.807) is 12.4 Å². The van der Waals surface area contributed by atoms with Crippen LogP contribution in [0.3, 0.4) is 0 Å². The van der Waals surface area contributed by atoms with E-state index in [1.165, 1.54) is 38.2 Å². The van der Waals surface area contributed by atoms with Gasteiger partial charge in [0, 0.05) is 18.1 Å². The van der Waals surface area contributed by atoms with Crippen LogP contribution in [0.25, 0.3) is 0 Å². The molecule has 106 valence electrons. The van der Waals surface area contributed by atoms with Crippen molar-refractivity contribution in [3.8, 4) is 0 Å². The number of rotatable bonds is 9. The fourth-order valence-corrected chi connectivity index (χ4v) is 3.06. The zero-order valence-corrected chi connectivity index (χ0v) is 13.4. The van der Waals surface area contributed by atoms with Crippen LogP contribution in [-0.2, 0) is 9.61 Å². The Morgan fingerprint density at radius 1 is 1.26 bits per heavy atom. The Kier molecular flexibility index (Phi) is 7.78. The van der Waals surface area contributed by atoms with Gasteiger partial charge in [-0.2, -0.15) is 0 Å². The molecule has 0 unspecified atom stereocenters. The minimum Gasteiger partial charge on any atom is -0.545 e. The van der Waals surface area contributed by atoms with Crippen molar-refractivity contribution in [3.63, 3.8) is 0 Å². The van der Waals surface area contributed by atoms with Crippen molar-refractivity contribution in [2.24, 2.45) is 0 Å². The maximum Gasteiger partial charge on any atom is 0.189 e. The number of pyridine rings is 1. The molecule has 0 fully saturated rings. The maximum absolute atomic E-state index is 11.1. The van der Waals surface area contributed by atoms with E-state index >= 15 is 0 Å². The van der Waals surface area contributed by atoms with Crippen LogP contribution in [0.4, 0.5) is 0 Å². The van der Waals surface area contributed by atoms with E-state index in [-0.39, 0.29) is 5.56 Å². The summed E-state index contributed by atoms with van der Waals surface area (Å²) in [6, 6.07) is 1.49. The predicted octanol–water partition coefficient (Wildman–Crippen LogP) is 2.18. The van der Waals surface area contributed by atoms with E-state index in [0.717, 1.165) is 13.0 Å². The van der Waals surface area contributed by atoms with Gasteiger partial charge in [-0.05, 0) is 6.42 Å². The molecule has 1 heterocycles. The van der Waals surface area contributed by atoms with Gasteiger partial charge < -0.3 is 9.90 Å². The van der Waals surface area contributed by atoms with Gasteiger partial charge in [0.2, 0.25) is 0 Å². The third-order valence-corrected chi connectivity index (χ3v) is 4.38. The molecule has 0 atom stereocenters. The molecule has 1 aromatic rings. The molecule has 5 heteroatoms. The first kappa shape index (κ1) is 16.2. The van der Waals surface area contributed by atoms with E-state index in [9.17, 15) is 13.0 Å². The number of carbonyl (C=O) groups excluding carboxylic acids is 1. The first-order valence-electron chi connectivity index (χ1n) is 6.70. The molecule has 1 rings (SSSR count). The standard InChI is InChI=1S/C14H20INO3/c1-2-3-4-5-6-7-9-16-10-8-12(14(17)18)13(11-16)15-19/h8,10-11H,2-7,9H2,1H3. The molecule has 0 amide bonds. The van der Waals surface area contributed by atoms with Crippen LogP contribution in [0.1, 0.15) is 55.8 Å². The Balaban J connectivity index is 2.47. The Morgan fingerprint density at radius 3 is 2.58 bits per heavy atom. The number of aryl methyl sites for hydroxylation is 1. The van der Waals surface area contributed by atoms with Crippen molar-refractivity contribution in [2.45, 2.75) is 52.0 Å². The molecule has 0 saturated heterocycles. The second kappa shape index (κ2) is 9.12. The summed E-state index contributed by atoms with van der Waals surface area (Å²) >= 11 is -1.48. The van der Waals surface area contributed by atoms with Crippen molar-refractivity contribution in [3.05, 3.63) is 27.6 Å². The van der Waals surface area contributed by atoms with Gasteiger partial charge in [-0.15, -0.1) is 0 Å². The highest BCUT2D eigenvalue weighted by Gasteiger charge is 2.10. The van der Waals surface area contributed by atoms with Gasteiger partial charge in [0.1, 0.15) is 10.1 Å². The van der Waals surface area contributed by atoms with Gasteiger partial charge in [-0.25, -0.2) is 4.57 Å². The largest absolute Gasteiger partial charge is 0.545 e. The molecular formula is C14H20INO3. The molecular weight excluding hydrogens is 357 g/mol. The number of nitrogens with zero attached hydrogens (tertiary/aromatic N) is 1. The molecule has 0 bridgehead atoms. The van der Waals surface area contributed by atoms with Crippen molar-refractivity contribution in [1.82, 2.24) is 0 Å². The van der Waals surface area contributed by atoms with Crippen LogP contribution >= 0.6 is 21.2 Å². The van der Waals surface area contributed by atoms with Crippen LogP contribution in [0.5, 0.6) is 0 Å². The average molecular weight is 377 g/mol. The number of hydrogen-bond donors (Lipinski definition) is 0. The normalized spacial score (nSPS) is 10.6. The van der Waals surface area contributed by atoms with Crippen molar-refractivity contribution in [2.75, 3.05) is 0 Å². The average Bonchev–Trinajstić information content (AvgIpc) is 2.42. The van der Waals surface area contributed by atoms with Gasteiger partial charge in [-0.3, -0.25) is 3.07 Å². The van der Waals surface area contributed by atoms with Crippen molar-refractivity contribution < 1.29 is 17.5 Å². The molecule has 0 aliphatic rings. The molecule has 0 aliphatic carbocycles. The summed E-state index contributed by atoms with van der Waals surface area (Å²) in [5, 5.41) is 10.8. The summed E-state index contributed by atoms with van der Waals surface area (Å²) in [5.74, 6) is -1.25. The van der Waals surface area contributed by atoms with Gasteiger partial charge in [0.15, 0.2) is 33.6 Å². The van der Waals surface area contributed by atoms with Crippen LogP contribution in [0.15, 0.2) is 18.5 Å². The third kappa shape index (κ3) is 5.76. The zero-order chi connectivity index (χ0) is 14.1. The van der Waals surface area contributed by atoms with Crippen LogP contribution < -0.4 is 9.67 Å². The first-order valence-corrected chi connectivity index (χ1v) is 8.66. The number of hydrogen-bond acceptors (Lipinski definition) is 3. The fraction of sp³-hybridized carbons (Fsp3) is 0.571. The molecule has 0 spiro atoms. The van der Waals surface area contributed by atoms with Gasteiger partial charge in [0.05, 0.1) is 5.97 Å². The summed E-state index contributed by atoms with van der Waals surface area (Å²) in [4.78, 5) is 10.8. The number of carbonyl (C=O) groups is 1. The number of aromatic carboxylic acids is 1. The van der Waals surface area contributed by atoms with Crippen molar-refractivity contribution >= 4 is 27.2 Å². The molecule has 0 saturated carbocycles. The van der Waals surface area contributed by atoms with Crippen molar-refractivity contribution in [1.29, 1.82) is 0 Å². The lowest BCUT2D eigenvalue weighted by Gasteiger charge is -2.04. The van der Waals surface area contributed by atoms with E-state index in [4.69, 9.17) is 0 Å². The lowest BCUT2D eigenvalue weighted by atomic mass is 10.1. The summed E-state index contributed by atoms with van der Waals surface area (Å²) in [6.45, 7) is 3.04. The van der Waals surface area contributed by atoms with Crippen LogP contribution in [-0.4, -0.2) is 5.97 Å². The van der Waals surface area contributed by atoms with Crippen LogP contribution in [0, 0.1) is 3.57 Å². The fourth-order valence-electron chi connectivity index (χ4n) is 1.95. The highest BCUT2D eigenvalue weighted by atomic mass is 127. The second-order valence-electron chi connectivity index (χ2n) is 4.58. The molecule has 0 aliphatic heterocycles. The minimum absolute atomic E-state index is 0.0574. The summed E-state index contributed by atoms with van der Waals surface area (Å²) in [5.41, 5.74) is 0.0574. The number of unbranched alkanes of at least 4 members (excludes halogenated alkanes) is 5. The SMILES string of the molecule is CCCCCCCC[n+]1ccc(C(=O)[O-])c(I=O)c1. The highest BCUT2D eigenvalue weighted by Crippen LogP contribution is 2.13. The molecule has 0 aromatic carbocycles. The van der Waals surface area contributed by atoms with E-state index in [0.29, 0.717) is 3.57 Å². The number of aromatic nitrogens is 1. The number of carboxylic acid groups (broad SMARTS) is 1. The second-order valence-corrected chi connectivity index (χ2v) is 6.18. The third-order valence-electron chi connectivity index (χ3n) is 3.04. The minimum atomic E-state index is -1.48. The predicted molar refractivity (Wildman–Crippen MR) is 77.7 cm³/mol. The molecule has 1 aromatic heterocycles. The monoisotopic (exact) mass is 377 g/mol. The Morgan fingerprint density at radius 2 is 1.95 bits per heavy atom. The Labute approximate surface area is 124 Å². The maximum atomic E-state index is 11.1. The molecule has 0 radical (unpaired) electrons. The smallest absolute Gasteiger partial charge is 0.189 e. The van der Waals surface area contributed by atoms with Gasteiger partial charge >= 0.3 is 0 Å². The summed E-state index contributed by atoms with van der Waals surface area (Å²) < 4.78 is 13.4. The number of halogens is 1. The highest BCUT2D eigenvalue weighted by molar-refractivity contribution is 14.1. The number of carboxylic acids is 1. The quantitative estimate of drug-likeness (QED) is 0.377. The Bertz CT molecular complexity index is 435. The lowest BCUT2D eigenvalue weighted by molar-refractivity contribution is -0.698. The summed E-state index contributed by atoms with van der Waals surface area (Å²) in [6.07, 6.45) is 10.7. The molecule has 0 N–H and O–H groups in total. The lowest BCUT2D eigenvalue weighted by Crippen LogP contribution is -2.35. The summed E-state index contributed by atoms with van der Waals surface area (Å²) in [7, 11) is 0. The van der Waals surface area contributed by atoms with Gasteiger partial charge in [0.25, 0.3) is 0 Å². The van der Waals surface area contributed by atoms with E-state index in [1.807, 2.05) is 4.57 Å². The Hall–Kier alpha value is -0.850.